The van der Waals surface area contributed by atoms with E-state index in [-0.39, 0.29) is 54.7 Å². The number of piperidine rings is 1. The van der Waals surface area contributed by atoms with Crippen LogP contribution in [-0.4, -0.2) is 76.2 Å². The summed E-state index contributed by atoms with van der Waals surface area (Å²) >= 11 is 0. The maximum Gasteiger partial charge on any atom is 0.393 e. The van der Waals surface area contributed by atoms with Crippen molar-refractivity contribution in [2.75, 3.05) is 48.8 Å². The zero-order chi connectivity index (χ0) is 33.1. The lowest BCUT2D eigenvalue weighted by Gasteiger charge is -2.32. The van der Waals surface area contributed by atoms with E-state index in [4.69, 9.17) is 9.47 Å². The highest BCUT2D eigenvalue weighted by molar-refractivity contribution is 5.95. The van der Waals surface area contributed by atoms with Gasteiger partial charge in [-0.25, -0.2) is 19.3 Å². The highest BCUT2D eigenvalue weighted by atomic mass is 19.4. The normalized spacial score (nSPS) is 17.1. The first-order chi connectivity index (χ1) is 22.6. The van der Waals surface area contributed by atoms with Crippen molar-refractivity contribution in [3.63, 3.8) is 0 Å². The van der Waals surface area contributed by atoms with E-state index in [2.05, 4.69) is 37.1 Å². The summed E-state index contributed by atoms with van der Waals surface area (Å²) in [6.07, 6.45) is 1.23. The third-order valence-corrected chi connectivity index (χ3v) is 8.26. The number of carbonyl (C=O) groups excluding carboxylic acids is 1. The molecule has 4 heterocycles. The number of carbonyl (C=O) groups is 1. The summed E-state index contributed by atoms with van der Waals surface area (Å²) in [5, 5.41) is 7.16. The molecule has 2 N–H and O–H groups in total. The van der Waals surface area contributed by atoms with E-state index < -0.39 is 17.9 Å². The van der Waals surface area contributed by atoms with Gasteiger partial charge in [-0.15, -0.1) is 0 Å². The summed E-state index contributed by atoms with van der Waals surface area (Å²) in [5.74, 6) is -0.902. The van der Waals surface area contributed by atoms with E-state index >= 15 is 4.39 Å². The van der Waals surface area contributed by atoms with Crippen molar-refractivity contribution >= 4 is 40.0 Å². The summed E-state index contributed by atoms with van der Waals surface area (Å²) in [4.78, 5) is 32.2. The van der Waals surface area contributed by atoms with Gasteiger partial charge in [-0.2, -0.15) is 18.2 Å². The van der Waals surface area contributed by atoms with Crippen LogP contribution in [0.25, 0.3) is 10.9 Å². The number of amides is 1. The van der Waals surface area contributed by atoms with Crippen LogP contribution in [0.3, 0.4) is 0 Å². The molecule has 0 bridgehead atoms. The van der Waals surface area contributed by atoms with Gasteiger partial charge >= 0.3 is 6.18 Å². The molecule has 0 unspecified atom stereocenters. The number of fused-ring (bicyclic) bond motifs is 1. The Hall–Kier alpha value is -5.21. The van der Waals surface area contributed by atoms with Gasteiger partial charge in [0.15, 0.2) is 0 Å². The van der Waals surface area contributed by atoms with Crippen molar-refractivity contribution in [3.05, 3.63) is 67.4 Å². The van der Waals surface area contributed by atoms with Gasteiger partial charge in [0.2, 0.25) is 17.7 Å². The molecule has 11 nitrogen and oxygen atoms in total. The fourth-order valence-electron chi connectivity index (χ4n) is 5.72. The number of rotatable bonds is 9. The van der Waals surface area contributed by atoms with E-state index in [0.717, 1.165) is 12.8 Å². The number of nitrogens with one attached hydrogen (secondary N) is 2. The number of hydrogen-bond donors (Lipinski definition) is 2. The number of halogens is 4. The predicted octanol–water partition coefficient (Wildman–Crippen LogP) is 6.08. The van der Waals surface area contributed by atoms with Crippen molar-refractivity contribution in [2.24, 2.45) is 5.92 Å². The minimum absolute atomic E-state index is 0.0381. The molecule has 2 aliphatic rings. The number of alkyl halides is 3. The van der Waals surface area contributed by atoms with Crippen LogP contribution in [0, 0.1) is 11.7 Å². The molecule has 47 heavy (non-hydrogen) atoms. The number of anilines is 4. The molecule has 6 rings (SSSR count). The number of ether oxygens (including phenoxy) is 2. The number of benzene rings is 2. The lowest BCUT2D eigenvalue weighted by atomic mass is 10.0. The Labute approximate surface area is 267 Å². The van der Waals surface area contributed by atoms with Crippen molar-refractivity contribution in [1.29, 1.82) is 0 Å². The number of aromatic nitrogens is 4. The van der Waals surface area contributed by atoms with Crippen molar-refractivity contribution in [2.45, 2.75) is 31.5 Å². The van der Waals surface area contributed by atoms with E-state index in [0.29, 0.717) is 41.2 Å². The third kappa shape index (κ3) is 7.13. The summed E-state index contributed by atoms with van der Waals surface area (Å²) in [6, 6.07) is 9.35. The Bertz CT molecular complexity index is 1780. The average molecular weight is 653 g/mol. The van der Waals surface area contributed by atoms with Crippen LogP contribution in [0.5, 0.6) is 17.4 Å². The standard InChI is InChI=1S/C32H32F4N8O3/c1-3-29(45)43-12-8-20(9-13-43)40-26-15-22-25(16-27(26)46-2)38-18-39-30(22)41-24-5-4-21(14-23(24)33)47-28-6-10-37-31(42-28)44-11-7-19(17-44)32(34,35)36/h3-6,10,14-16,18-20,40H,1,7-9,11-13,17H2,2H3,(H,38,39,41)/t19-/m1/s1. The maximum atomic E-state index is 15.3. The smallest absolute Gasteiger partial charge is 0.393 e. The number of methoxy groups -OCH3 is 1. The summed E-state index contributed by atoms with van der Waals surface area (Å²) in [5.41, 5.74) is 1.42. The summed E-state index contributed by atoms with van der Waals surface area (Å²) in [6.45, 7) is 4.70. The molecule has 15 heteroatoms. The number of nitrogens with zero attached hydrogens (tertiary/aromatic N) is 6. The molecule has 1 amide bonds. The zero-order valence-corrected chi connectivity index (χ0v) is 25.4. The fourth-order valence-corrected chi connectivity index (χ4v) is 5.72. The van der Waals surface area contributed by atoms with Crippen molar-refractivity contribution < 1.29 is 31.8 Å². The second-order valence-electron chi connectivity index (χ2n) is 11.3. The lowest BCUT2D eigenvalue weighted by Crippen LogP contribution is -2.41. The first-order valence-electron chi connectivity index (χ1n) is 15.0. The predicted molar refractivity (Wildman–Crippen MR) is 168 cm³/mol. The molecule has 0 aliphatic carbocycles. The molecule has 1 atom stereocenters. The van der Waals surface area contributed by atoms with Crippen LogP contribution in [0.4, 0.5) is 40.7 Å². The van der Waals surface area contributed by atoms with Gasteiger partial charge < -0.3 is 29.9 Å². The second-order valence-corrected chi connectivity index (χ2v) is 11.3. The Balaban J connectivity index is 1.16. The Morgan fingerprint density at radius 3 is 2.55 bits per heavy atom. The number of hydrogen-bond acceptors (Lipinski definition) is 10. The third-order valence-electron chi connectivity index (χ3n) is 8.26. The highest BCUT2D eigenvalue weighted by Crippen LogP contribution is 2.37. The molecule has 246 valence electrons. The minimum atomic E-state index is -4.28. The molecule has 2 fully saturated rings. The molecule has 2 aromatic carbocycles. The second kappa shape index (κ2) is 13.3. The molecule has 4 aromatic rings. The lowest BCUT2D eigenvalue weighted by molar-refractivity contribution is -0.168. The van der Waals surface area contributed by atoms with E-state index in [1.54, 1.807) is 18.1 Å². The highest BCUT2D eigenvalue weighted by Gasteiger charge is 2.44. The quantitative estimate of drug-likeness (QED) is 0.163. The molecule has 2 aliphatic heterocycles. The monoisotopic (exact) mass is 652 g/mol. The molecular weight excluding hydrogens is 620 g/mol. The van der Waals surface area contributed by atoms with Crippen molar-refractivity contribution in [3.8, 4) is 17.4 Å². The Morgan fingerprint density at radius 1 is 1.04 bits per heavy atom. The maximum absolute atomic E-state index is 15.3. The first-order valence-corrected chi connectivity index (χ1v) is 15.0. The van der Waals surface area contributed by atoms with E-state index in [9.17, 15) is 18.0 Å². The number of likely N-dealkylation sites (tertiary alicyclic amines) is 1. The van der Waals surface area contributed by atoms with Crippen LogP contribution < -0.4 is 25.0 Å². The average Bonchev–Trinajstić information content (AvgIpc) is 3.58. The van der Waals surface area contributed by atoms with Gasteiger partial charge in [0.1, 0.15) is 29.5 Å². The molecule has 2 aromatic heterocycles. The van der Waals surface area contributed by atoms with Gasteiger partial charge in [0.25, 0.3) is 0 Å². The SMILES string of the molecule is C=CC(=O)N1CCC(Nc2cc3c(Nc4ccc(Oc5ccnc(N6CC[C@@H](C(F)(F)F)C6)n5)cc4F)ncnc3cc2OC)CC1. The van der Waals surface area contributed by atoms with E-state index in [1.807, 2.05) is 6.07 Å². The Kier molecular flexibility index (Phi) is 8.96. The van der Waals surface area contributed by atoms with Gasteiger partial charge in [0, 0.05) is 62.0 Å². The molecule has 0 saturated carbocycles. The van der Waals surface area contributed by atoms with Crippen LogP contribution in [-0.2, 0) is 4.79 Å². The minimum Gasteiger partial charge on any atom is -0.495 e. The molecule has 2 saturated heterocycles. The van der Waals surface area contributed by atoms with E-state index in [1.165, 1.54) is 47.8 Å². The van der Waals surface area contributed by atoms with Crippen LogP contribution in [0.2, 0.25) is 0 Å². The molecule has 0 radical (unpaired) electrons. The van der Waals surface area contributed by atoms with Gasteiger partial charge in [-0.1, -0.05) is 6.58 Å². The molecular formula is C32H32F4N8O3. The molecule has 0 spiro atoms. The van der Waals surface area contributed by atoms with Crippen LogP contribution in [0.1, 0.15) is 19.3 Å². The first kappa shape index (κ1) is 31.8. The van der Waals surface area contributed by atoms with Crippen molar-refractivity contribution in [1.82, 2.24) is 24.8 Å². The summed E-state index contributed by atoms with van der Waals surface area (Å²) in [7, 11) is 1.56. The van der Waals surface area contributed by atoms with Crippen LogP contribution in [0.15, 0.2) is 61.6 Å². The topological polar surface area (TPSA) is 118 Å². The largest absolute Gasteiger partial charge is 0.495 e. The Morgan fingerprint density at radius 2 is 1.85 bits per heavy atom. The van der Waals surface area contributed by atoms with Gasteiger partial charge in [0.05, 0.1) is 29.9 Å². The van der Waals surface area contributed by atoms with Crippen LogP contribution >= 0.6 is 0 Å². The summed E-state index contributed by atoms with van der Waals surface area (Å²) < 4.78 is 66.0. The fraction of sp³-hybridized carbons (Fsp3) is 0.344. The van der Waals surface area contributed by atoms with Gasteiger partial charge in [-0.3, -0.25) is 4.79 Å². The zero-order valence-electron chi connectivity index (χ0n) is 25.4. The van der Waals surface area contributed by atoms with Gasteiger partial charge in [-0.05, 0) is 43.5 Å².